The summed E-state index contributed by atoms with van der Waals surface area (Å²) >= 11 is 3.19. The average Bonchev–Trinajstić information content (AvgIpc) is 3.20. The molecule has 0 bridgehead atoms. The number of aliphatic hydroxyl groups is 1. The molecule has 6 aromatic heterocycles. The van der Waals surface area contributed by atoms with Crippen LogP contribution in [0.2, 0.25) is 0 Å². The van der Waals surface area contributed by atoms with Crippen LogP contribution in [0.15, 0.2) is 120 Å². The normalized spacial score (nSPS) is 8.36. The minimum absolute atomic E-state index is 0. The number of hydrogen-bond donors (Lipinski definition) is 4. The Hall–Kier alpha value is -2.30. The molecular formula is C33H40BBr2K2N9O9. The van der Waals surface area contributed by atoms with Crippen molar-refractivity contribution in [3.05, 3.63) is 126 Å². The molecule has 0 fully saturated rings. The van der Waals surface area contributed by atoms with Gasteiger partial charge in [-0.25, -0.2) is 39.9 Å². The SMILES string of the molecule is Br.Brc1cncnc1.C.CCO.COc1ccc(-c2cncnc2)cn1.COc1ccc(B(O)O)cn1.O=CO[O-].O=c1ccc(-c2cncnc2)c[nH]1.[H-].[K+].[K+]. The molecule has 0 aromatic carbocycles. The Labute approximate surface area is 429 Å². The number of hydrogen-bond acceptors (Lipinski definition) is 17. The van der Waals surface area contributed by atoms with Crippen molar-refractivity contribution in [1.29, 1.82) is 0 Å². The van der Waals surface area contributed by atoms with E-state index >= 15 is 0 Å². The molecule has 0 spiro atoms. The molecule has 6 heterocycles. The summed E-state index contributed by atoms with van der Waals surface area (Å²) in [5.74, 6) is 1.06. The maximum Gasteiger partial charge on any atom is 1.00 e. The predicted molar refractivity (Wildman–Crippen MR) is 208 cm³/mol. The fourth-order valence-electron chi connectivity index (χ4n) is 3.10. The Morgan fingerprint density at radius 2 is 1.16 bits per heavy atom. The van der Waals surface area contributed by atoms with E-state index in [1.807, 2.05) is 12.1 Å². The van der Waals surface area contributed by atoms with E-state index in [-0.39, 0.29) is 147 Å². The Kier molecular flexibility index (Phi) is 42.6. The number of aromatic amines is 1. The van der Waals surface area contributed by atoms with Gasteiger partial charge in [-0.2, -0.15) is 0 Å². The van der Waals surface area contributed by atoms with Gasteiger partial charge < -0.3 is 41.2 Å². The molecule has 0 saturated heterocycles. The number of aliphatic hydroxyl groups excluding tert-OH is 1. The van der Waals surface area contributed by atoms with Gasteiger partial charge in [-0.15, -0.1) is 17.0 Å². The zero-order chi connectivity index (χ0) is 38.4. The van der Waals surface area contributed by atoms with E-state index in [2.05, 4.69) is 65.7 Å². The number of carbonyl (C=O) groups is 1. The van der Waals surface area contributed by atoms with Crippen LogP contribution in [0.4, 0.5) is 0 Å². The first-order valence-electron chi connectivity index (χ1n) is 14.5. The van der Waals surface area contributed by atoms with E-state index in [1.165, 1.54) is 44.4 Å². The largest absolute Gasteiger partial charge is 1.00 e. The minimum atomic E-state index is -1.46. The van der Waals surface area contributed by atoms with Gasteiger partial charge in [0, 0.05) is 102 Å². The van der Waals surface area contributed by atoms with Crippen molar-refractivity contribution in [2.45, 2.75) is 14.4 Å². The molecular weight excluding hydrogens is 915 g/mol. The van der Waals surface area contributed by atoms with Crippen molar-refractivity contribution in [2.24, 2.45) is 0 Å². The molecule has 0 amide bonds. The topological polar surface area (TPSA) is 264 Å². The van der Waals surface area contributed by atoms with E-state index in [1.54, 1.807) is 75.7 Å². The number of H-pyrrole nitrogens is 1. The van der Waals surface area contributed by atoms with Gasteiger partial charge in [-0.3, -0.25) is 9.59 Å². The third kappa shape index (κ3) is 28.2. The number of nitrogens with one attached hydrogen (secondary N) is 1. The molecule has 18 nitrogen and oxygen atoms in total. The number of pyridine rings is 3. The molecule has 0 atom stereocenters. The van der Waals surface area contributed by atoms with Gasteiger partial charge in [0.05, 0.1) is 18.7 Å². The van der Waals surface area contributed by atoms with E-state index in [4.69, 9.17) is 34.7 Å². The molecule has 0 aliphatic rings. The molecule has 0 aliphatic heterocycles. The number of carbonyl (C=O) groups excluding carboxylic acids is 1. The number of rotatable bonds is 6. The molecule has 6 aromatic rings. The monoisotopic (exact) mass is 953 g/mol. The van der Waals surface area contributed by atoms with E-state index in [9.17, 15) is 4.79 Å². The van der Waals surface area contributed by atoms with Crippen LogP contribution in [0.1, 0.15) is 15.8 Å². The second kappa shape index (κ2) is 39.5. The summed E-state index contributed by atoms with van der Waals surface area (Å²) in [6.07, 6.45) is 19.4. The average molecular weight is 956 g/mol. The molecule has 6 rings (SSSR count). The fourth-order valence-corrected chi connectivity index (χ4v) is 3.34. The van der Waals surface area contributed by atoms with Crippen molar-refractivity contribution in [1.82, 2.24) is 44.9 Å². The van der Waals surface area contributed by atoms with Crippen molar-refractivity contribution in [2.75, 3.05) is 20.8 Å². The summed E-state index contributed by atoms with van der Waals surface area (Å²) in [6.45, 7) is 1.75. The Morgan fingerprint density at radius 3 is 1.46 bits per heavy atom. The van der Waals surface area contributed by atoms with Crippen LogP contribution in [-0.4, -0.2) is 94.4 Å². The van der Waals surface area contributed by atoms with E-state index in [0.29, 0.717) is 17.2 Å². The summed E-state index contributed by atoms with van der Waals surface area (Å²) in [4.78, 5) is 55.6. The molecule has 4 N–H and O–H groups in total. The first-order chi connectivity index (χ1) is 25.2. The van der Waals surface area contributed by atoms with Crippen LogP contribution in [0.25, 0.3) is 22.3 Å². The van der Waals surface area contributed by atoms with E-state index in [0.717, 1.165) is 26.7 Å². The second-order valence-electron chi connectivity index (χ2n) is 8.86. The Morgan fingerprint density at radius 1 is 0.750 bits per heavy atom. The number of ether oxygens (including phenoxy) is 2. The number of nitrogens with zero attached hydrogens (tertiary/aromatic N) is 8. The summed E-state index contributed by atoms with van der Waals surface area (Å²) in [7, 11) is 1.62. The first-order valence-corrected chi connectivity index (χ1v) is 15.3. The van der Waals surface area contributed by atoms with Crippen LogP contribution in [-0.2, 0) is 9.68 Å². The maximum atomic E-state index is 10.8. The first kappa shape index (κ1) is 60.4. The maximum absolute atomic E-state index is 10.8. The Balaban J connectivity index is -0.000000198. The van der Waals surface area contributed by atoms with Gasteiger partial charge in [0.25, 0.3) is 6.47 Å². The van der Waals surface area contributed by atoms with Crippen LogP contribution in [0, 0.1) is 0 Å². The number of halogens is 2. The van der Waals surface area contributed by atoms with Crippen LogP contribution in [0.5, 0.6) is 11.8 Å². The quantitative estimate of drug-likeness (QED) is 0.0539. The van der Waals surface area contributed by atoms with Crippen molar-refractivity contribution in [3.63, 3.8) is 0 Å². The molecule has 23 heteroatoms. The van der Waals surface area contributed by atoms with Crippen LogP contribution >= 0.6 is 32.9 Å². The van der Waals surface area contributed by atoms with Crippen LogP contribution in [0.3, 0.4) is 0 Å². The molecule has 0 unspecified atom stereocenters. The summed E-state index contributed by atoms with van der Waals surface area (Å²) in [6, 6.07) is 10.0. The minimum Gasteiger partial charge on any atom is -1.00 e. The fraction of sp³-hybridized carbons (Fsp3) is 0.152. The molecule has 290 valence electrons. The molecule has 56 heavy (non-hydrogen) atoms. The molecule has 0 radical (unpaired) electrons. The van der Waals surface area contributed by atoms with Crippen molar-refractivity contribution < 1.29 is 144 Å². The third-order valence-electron chi connectivity index (χ3n) is 5.35. The number of methoxy groups -OCH3 is 2. The molecule has 0 saturated carbocycles. The van der Waals surface area contributed by atoms with Gasteiger partial charge in [0.2, 0.25) is 17.3 Å². The van der Waals surface area contributed by atoms with Crippen LogP contribution < -0.4 is 129 Å². The second-order valence-corrected chi connectivity index (χ2v) is 9.77. The third-order valence-corrected chi connectivity index (χ3v) is 5.76. The summed E-state index contributed by atoms with van der Waals surface area (Å²) in [5.41, 5.74) is 3.96. The zero-order valence-corrected chi connectivity index (χ0v) is 40.0. The van der Waals surface area contributed by atoms with Crippen molar-refractivity contribution >= 4 is 52.0 Å². The predicted octanol–water partition coefficient (Wildman–Crippen LogP) is -3.84. The molecule has 0 aliphatic carbocycles. The van der Waals surface area contributed by atoms with Gasteiger partial charge in [0.1, 0.15) is 19.0 Å². The van der Waals surface area contributed by atoms with Gasteiger partial charge in [0.15, 0.2) is 0 Å². The Bertz CT molecular complexity index is 1820. The standard InChI is InChI=1S/C10H9N3O.C9H7N3O.C6H8BNO3.C4H3BrN2.C2H6O.CH2O3.CH4.BrH.2K.H/c1-14-10-3-2-8(6-13-10)9-4-11-7-12-5-9;13-9-2-1-7(5-12-9)8-3-10-6-11-4-8;1-11-6-3-2-5(4-8-6)7(9)10;5-4-1-6-3-7-2-4;1-2-3;2-1-4-3;;;;;/h2-7H,1H3;1-6H,(H,12,13);2-4,9-10H,1H3;1-3H;3H,2H2,1H3;1,3H;1H4;1H;;;/q;;;;;;;;2*+1;-1/p-1. The van der Waals surface area contributed by atoms with Crippen molar-refractivity contribution in [3.8, 4) is 34.0 Å². The van der Waals surface area contributed by atoms with Gasteiger partial charge in [-0.1, -0.05) is 13.5 Å². The van der Waals surface area contributed by atoms with Gasteiger partial charge in [-0.05, 0) is 41.1 Å². The smallest absolute Gasteiger partial charge is 1.00 e. The van der Waals surface area contributed by atoms with E-state index < -0.39 is 7.12 Å². The summed E-state index contributed by atoms with van der Waals surface area (Å²) in [5, 5.41) is 33.3. The van der Waals surface area contributed by atoms with Gasteiger partial charge >= 0.3 is 110 Å². The zero-order valence-electron chi connectivity index (χ0n) is 31.4. The number of aromatic nitrogens is 9. The summed E-state index contributed by atoms with van der Waals surface area (Å²) < 4.78 is 10.6.